The second-order valence-corrected chi connectivity index (χ2v) is 5.24. The monoisotopic (exact) mass is 350 g/mol. The maximum Gasteiger partial charge on any atom is 0.303 e. The van der Waals surface area contributed by atoms with E-state index in [4.69, 9.17) is 9.84 Å². The summed E-state index contributed by atoms with van der Waals surface area (Å²) in [5.41, 5.74) is -0.0943. The highest BCUT2D eigenvalue weighted by atomic mass is 79.9. The van der Waals surface area contributed by atoms with Crippen LogP contribution in [0.4, 0.5) is 8.78 Å². The summed E-state index contributed by atoms with van der Waals surface area (Å²) in [7, 11) is 0. The van der Waals surface area contributed by atoms with E-state index < -0.39 is 11.9 Å². The molecule has 0 aliphatic carbocycles. The molecule has 0 aliphatic rings. The molecule has 0 heterocycles. The molecule has 6 heteroatoms. The Morgan fingerprint density at radius 2 is 2.10 bits per heavy atom. The second kappa shape index (κ2) is 7.57. The number of hydrogen-bond acceptors (Lipinski definition) is 2. The van der Waals surface area contributed by atoms with Gasteiger partial charge in [0.25, 0.3) is 5.92 Å². The number of carboxylic acids is 1. The van der Waals surface area contributed by atoms with Crippen molar-refractivity contribution < 1.29 is 23.4 Å². The van der Waals surface area contributed by atoms with Crippen molar-refractivity contribution in [1.29, 1.82) is 0 Å². The van der Waals surface area contributed by atoms with Crippen LogP contribution in [-0.2, 0) is 10.7 Å². The van der Waals surface area contributed by atoms with Crippen molar-refractivity contribution in [2.45, 2.75) is 38.5 Å². The fourth-order valence-corrected chi connectivity index (χ4v) is 2.26. The molecule has 0 spiro atoms. The Bertz CT molecular complexity index is 464. The first-order valence-corrected chi connectivity index (χ1v) is 7.18. The zero-order valence-corrected chi connectivity index (χ0v) is 12.8. The fraction of sp³-hybridized carbons (Fsp3) is 0.500. The summed E-state index contributed by atoms with van der Waals surface area (Å²) < 4.78 is 33.7. The molecule has 0 unspecified atom stereocenters. The lowest BCUT2D eigenvalue weighted by Gasteiger charge is -2.17. The molecule has 0 atom stereocenters. The van der Waals surface area contributed by atoms with Gasteiger partial charge < -0.3 is 9.84 Å². The highest BCUT2D eigenvalue weighted by molar-refractivity contribution is 9.10. The number of halogens is 3. The first-order valence-electron chi connectivity index (χ1n) is 6.39. The third-order valence-corrected chi connectivity index (χ3v) is 3.41. The smallest absolute Gasteiger partial charge is 0.303 e. The number of aliphatic carboxylic acids is 1. The van der Waals surface area contributed by atoms with Gasteiger partial charge in [-0.3, -0.25) is 4.79 Å². The molecule has 20 heavy (non-hydrogen) atoms. The summed E-state index contributed by atoms with van der Waals surface area (Å²) in [4.78, 5) is 10.3. The number of unbranched alkanes of at least 4 members (excludes halogenated alkanes) is 1. The standard InChI is InChI=1S/C14H17BrF2O3/c1-2-20-12-7-6-10(9-11(12)15)14(16,17)8-4-3-5-13(18)19/h6-7,9H,2-5,8H2,1H3,(H,18,19). The number of alkyl halides is 2. The van der Waals surface area contributed by atoms with Gasteiger partial charge in [-0.05, 0) is 53.9 Å². The van der Waals surface area contributed by atoms with Crippen molar-refractivity contribution in [2.75, 3.05) is 6.61 Å². The predicted molar refractivity (Wildman–Crippen MR) is 75.3 cm³/mol. The topological polar surface area (TPSA) is 46.5 Å². The minimum absolute atomic E-state index is 0.0803. The first kappa shape index (κ1) is 16.9. The van der Waals surface area contributed by atoms with Gasteiger partial charge in [0.2, 0.25) is 0 Å². The lowest BCUT2D eigenvalue weighted by Crippen LogP contribution is -2.13. The van der Waals surface area contributed by atoms with E-state index in [1.54, 1.807) is 0 Å². The number of hydrogen-bond donors (Lipinski definition) is 1. The van der Waals surface area contributed by atoms with Crippen LogP contribution in [0.3, 0.4) is 0 Å². The molecule has 0 radical (unpaired) electrons. The van der Waals surface area contributed by atoms with Crippen LogP contribution in [0.25, 0.3) is 0 Å². The Kier molecular flexibility index (Phi) is 6.39. The van der Waals surface area contributed by atoms with E-state index in [2.05, 4.69) is 15.9 Å². The number of ether oxygens (including phenoxy) is 1. The van der Waals surface area contributed by atoms with Crippen LogP contribution < -0.4 is 4.74 Å². The minimum atomic E-state index is -2.97. The molecule has 1 aromatic carbocycles. The molecule has 0 saturated carbocycles. The molecule has 0 saturated heterocycles. The molecule has 0 bridgehead atoms. The lowest BCUT2D eigenvalue weighted by atomic mass is 10.0. The van der Waals surface area contributed by atoms with Gasteiger partial charge in [-0.15, -0.1) is 0 Å². The third kappa shape index (κ3) is 5.07. The van der Waals surface area contributed by atoms with Gasteiger partial charge in [0, 0.05) is 18.4 Å². The van der Waals surface area contributed by atoms with Crippen LogP contribution in [0.1, 0.15) is 38.2 Å². The Labute approximate surface area is 125 Å². The van der Waals surface area contributed by atoms with E-state index in [9.17, 15) is 13.6 Å². The molecule has 112 valence electrons. The van der Waals surface area contributed by atoms with Crippen molar-refractivity contribution in [3.63, 3.8) is 0 Å². The maximum atomic E-state index is 14.0. The van der Waals surface area contributed by atoms with Crippen LogP contribution in [-0.4, -0.2) is 17.7 Å². The van der Waals surface area contributed by atoms with Gasteiger partial charge in [-0.25, -0.2) is 8.78 Å². The highest BCUT2D eigenvalue weighted by Gasteiger charge is 2.31. The SMILES string of the molecule is CCOc1ccc(C(F)(F)CCCCC(=O)O)cc1Br. The molecule has 0 aromatic heterocycles. The lowest BCUT2D eigenvalue weighted by molar-refractivity contribution is -0.137. The number of rotatable bonds is 8. The fourth-order valence-electron chi connectivity index (χ4n) is 1.77. The van der Waals surface area contributed by atoms with Gasteiger partial charge >= 0.3 is 5.97 Å². The van der Waals surface area contributed by atoms with Crippen LogP contribution in [0.5, 0.6) is 5.75 Å². The Hall–Kier alpha value is -1.17. The number of carboxylic acid groups (broad SMARTS) is 1. The average molecular weight is 351 g/mol. The molecule has 1 rings (SSSR count). The van der Waals surface area contributed by atoms with E-state index in [1.165, 1.54) is 18.2 Å². The van der Waals surface area contributed by atoms with Crippen molar-refractivity contribution in [1.82, 2.24) is 0 Å². The van der Waals surface area contributed by atoms with Crippen LogP contribution in [0.15, 0.2) is 22.7 Å². The van der Waals surface area contributed by atoms with Gasteiger partial charge in [0.15, 0.2) is 0 Å². The van der Waals surface area contributed by atoms with Crippen molar-refractivity contribution in [3.8, 4) is 5.75 Å². The Morgan fingerprint density at radius 3 is 2.65 bits per heavy atom. The van der Waals surface area contributed by atoms with Gasteiger partial charge in [-0.2, -0.15) is 0 Å². The number of benzene rings is 1. The summed E-state index contributed by atoms with van der Waals surface area (Å²) >= 11 is 3.21. The quantitative estimate of drug-likeness (QED) is 0.697. The van der Waals surface area contributed by atoms with Crippen LogP contribution in [0.2, 0.25) is 0 Å². The highest BCUT2D eigenvalue weighted by Crippen LogP contribution is 2.37. The van der Waals surface area contributed by atoms with E-state index >= 15 is 0 Å². The second-order valence-electron chi connectivity index (χ2n) is 4.38. The summed E-state index contributed by atoms with van der Waals surface area (Å²) in [5.74, 6) is -3.40. The molecule has 1 N–H and O–H groups in total. The first-order chi connectivity index (χ1) is 9.36. The zero-order chi connectivity index (χ0) is 15.2. The Morgan fingerprint density at radius 1 is 1.40 bits per heavy atom. The summed E-state index contributed by atoms with van der Waals surface area (Å²) in [6.45, 7) is 2.28. The summed E-state index contributed by atoms with van der Waals surface area (Å²) in [6, 6.07) is 4.20. The van der Waals surface area contributed by atoms with E-state index in [0.717, 1.165) is 0 Å². The van der Waals surface area contributed by atoms with E-state index in [1.807, 2.05) is 6.92 Å². The molecule has 0 aliphatic heterocycles. The van der Waals surface area contributed by atoms with Crippen molar-refractivity contribution in [2.24, 2.45) is 0 Å². The van der Waals surface area contributed by atoms with Crippen LogP contribution >= 0.6 is 15.9 Å². The molecule has 3 nitrogen and oxygen atoms in total. The summed E-state index contributed by atoms with van der Waals surface area (Å²) in [6.07, 6.45) is -0.0169. The largest absolute Gasteiger partial charge is 0.493 e. The van der Waals surface area contributed by atoms with Crippen molar-refractivity contribution in [3.05, 3.63) is 28.2 Å². The predicted octanol–water partition coefficient (Wildman–Crippen LogP) is 4.58. The number of carbonyl (C=O) groups is 1. The van der Waals surface area contributed by atoms with E-state index in [-0.39, 0.29) is 31.2 Å². The minimum Gasteiger partial charge on any atom is -0.493 e. The third-order valence-electron chi connectivity index (χ3n) is 2.79. The van der Waals surface area contributed by atoms with Gasteiger partial charge in [0.1, 0.15) is 5.75 Å². The maximum absolute atomic E-state index is 14.0. The molecule has 0 amide bonds. The van der Waals surface area contributed by atoms with E-state index in [0.29, 0.717) is 16.8 Å². The molecule has 0 fully saturated rings. The zero-order valence-electron chi connectivity index (χ0n) is 11.2. The van der Waals surface area contributed by atoms with Crippen LogP contribution in [0, 0.1) is 0 Å². The molecular weight excluding hydrogens is 334 g/mol. The van der Waals surface area contributed by atoms with Gasteiger partial charge in [0.05, 0.1) is 11.1 Å². The van der Waals surface area contributed by atoms with Crippen molar-refractivity contribution >= 4 is 21.9 Å². The van der Waals surface area contributed by atoms with Gasteiger partial charge in [-0.1, -0.05) is 0 Å². The summed E-state index contributed by atoms with van der Waals surface area (Å²) in [5, 5.41) is 8.47. The normalized spacial score (nSPS) is 11.4. The molecular formula is C14H17BrF2O3. The Balaban J connectivity index is 2.66. The molecule has 1 aromatic rings. The average Bonchev–Trinajstić information content (AvgIpc) is 2.37.